The Bertz CT molecular complexity index is 581. The molecule has 5 heteroatoms. The van der Waals surface area contributed by atoms with Crippen molar-refractivity contribution in [2.75, 3.05) is 0 Å². The first-order valence-corrected chi connectivity index (χ1v) is 4.69. The van der Waals surface area contributed by atoms with Crippen molar-refractivity contribution in [1.29, 1.82) is 0 Å². The van der Waals surface area contributed by atoms with Crippen molar-refractivity contribution in [1.82, 2.24) is 4.98 Å². The van der Waals surface area contributed by atoms with Gasteiger partial charge in [0.2, 0.25) is 6.29 Å². The van der Waals surface area contributed by atoms with Gasteiger partial charge in [-0.1, -0.05) is 6.58 Å². The van der Waals surface area contributed by atoms with E-state index in [2.05, 4.69) is 11.6 Å². The first kappa shape index (κ1) is 10.5. The fourth-order valence-corrected chi connectivity index (χ4v) is 1.23. The Morgan fingerprint density at radius 2 is 2.38 bits per heavy atom. The minimum absolute atomic E-state index is 0.431. The van der Waals surface area contributed by atoms with Gasteiger partial charge in [-0.3, -0.25) is 4.98 Å². The van der Waals surface area contributed by atoms with E-state index in [-0.39, 0.29) is 0 Å². The Balaban J connectivity index is 2.32. The number of oxazole rings is 1. The zero-order valence-electron chi connectivity index (χ0n) is 8.69. The molecule has 0 saturated carbocycles. The maximum Gasteiger partial charge on any atom is 0.417 e. The van der Waals surface area contributed by atoms with Gasteiger partial charge in [-0.2, -0.15) is 0 Å². The summed E-state index contributed by atoms with van der Waals surface area (Å²) in [6, 6.07) is 4.77. The molecule has 2 aromatic rings. The van der Waals surface area contributed by atoms with E-state index in [0.717, 1.165) is 0 Å². The van der Waals surface area contributed by atoms with E-state index < -0.39 is 12.0 Å². The van der Waals surface area contributed by atoms with Crippen LogP contribution in [-0.4, -0.2) is 16.4 Å². The number of aliphatic hydroxyl groups is 1. The monoisotopic (exact) mass is 221 g/mol. The van der Waals surface area contributed by atoms with Gasteiger partial charge in [-0.05, 0) is 24.6 Å². The van der Waals surface area contributed by atoms with Crippen LogP contribution in [0.2, 0.25) is 0 Å². The average molecular weight is 221 g/mol. The molecule has 84 valence electrons. The van der Waals surface area contributed by atoms with Gasteiger partial charge < -0.3 is 14.3 Å². The molecule has 0 aliphatic heterocycles. The molecule has 0 saturated heterocycles. The van der Waals surface area contributed by atoms with Gasteiger partial charge in [0.25, 0.3) is 0 Å². The maximum atomic E-state index is 10.9. The van der Waals surface area contributed by atoms with Crippen LogP contribution in [0.25, 0.3) is 11.1 Å². The van der Waals surface area contributed by atoms with Crippen molar-refractivity contribution in [3.63, 3.8) is 0 Å². The zero-order chi connectivity index (χ0) is 11.7. The van der Waals surface area contributed by atoms with E-state index in [0.29, 0.717) is 22.4 Å². The highest BCUT2D eigenvalue weighted by Crippen LogP contribution is 2.19. The molecule has 1 atom stereocenters. The molecule has 0 radical (unpaired) electrons. The fourth-order valence-electron chi connectivity index (χ4n) is 1.23. The summed E-state index contributed by atoms with van der Waals surface area (Å²) in [5.74, 6) is -0.0901. The maximum absolute atomic E-state index is 10.9. The molecule has 1 heterocycles. The Morgan fingerprint density at radius 3 is 3.06 bits per heavy atom. The van der Waals surface area contributed by atoms with Crippen LogP contribution in [0.5, 0.6) is 5.75 Å². The number of hydrogen-bond donors (Lipinski definition) is 2. The summed E-state index contributed by atoms with van der Waals surface area (Å²) in [6.07, 6.45) is -1.06. The normalized spacial score (nSPS) is 12.6. The second kappa shape index (κ2) is 3.86. The largest absolute Gasteiger partial charge is 0.461 e. The Kier molecular flexibility index (Phi) is 2.54. The second-order valence-electron chi connectivity index (χ2n) is 3.49. The lowest BCUT2D eigenvalue weighted by Gasteiger charge is -2.12. The van der Waals surface area contributed by atoms with Crippen LogP contribution in [0, 0.1) is 0 Å². The topological polar surface area (TPSA) is 75.5 Å². The van der Waals surface area contributed by atoms with Crippen LogP contribution in [-0.2, 0) is 0 Å². The Morgan fingerprint density at radius 1 is 1.62 bits per heavy atom. The predicted octanol–water partition coefficient (Wildman–Crippen LogP) is 1.39. The first-order valence-electron chi connectivity index (χ1n) is 4.69. The molecule has 0 spiro atoms. The summed E-state index contributed by atoms with van der Waals surface area (Å²) in [4.78, 5) is 13.4. The number of fused-ring (bicyclic) bond motifs is 1. The minimum atomic E-state index is -1.06. The number of aromatic amines is 1. The van der Waals surface area contributed by atoms with Crippen molar-refractivity contribution >= 4 is 11.1 Å². The zero-order valence-corrected chi connectivity index (χ0v) is 8.69. The van der Waals surface area contributed by atoms with E-state index in [9.17, 15) is 9.90 Å². The number of nitrogens with one attached hydrogen (secondary N) is 1. The molecular formula is C11H11NO4. The molecule has 1 aromatic carbocycles. The second-order valence-corrected chi connectivity index (χ2v) is 3.49. The third kappa shape index (κ3) is 1.99. The first-order chi connectivity index (χ1) is 7.56. The number of ether oxygens (including phenoxy) is 1. The smallest absolute Gasteiger partial charge is 0.417 e. The van der Waals surface area contributed by atoms with Crippen molar-refractivity contribution in [2.24, 2.45) is 0 Å². The predicted molar refractivity (Wildman–Crippen MR) is 58.3 cm³/mol. The number of benzene rings is 1. The fraction of sp³-hybridized carbons (Fsp3) is 0.182. The molecule has 0 aliphatic rings. The summed E-state index contributed by atoms with van der Waals surface area (Å²) in [7, 11) is 0. The lowest BCUT2D eigenvalue weighted by atomic mass is 10.3. The Labute approximate surface area is 91.0 Å². The molecule has 1 aromatic heterocycles. The van der Waals surface area contributed by atoms with E-state index in [1.807, 2.05) is 0 Å². The molecule has 0 fully saturated rings. The van der Waals surface area contributed by atoms with Gasteiger partial charge >= 0.3 is 5.76 Å². The number of rotatable bonds is 3. The molecule has 0 bridgehead atoms. The summed E-state index contributed by atoms with van der Waals surface area (Å²) in [5.41, 5.74) is 1.47. The molecule has 2 rings (SSSR count). The van der Waals surface area contributed by atoms with E-state index >= 15 is 0 Å². The summed E-state index contributed by atoms with van der Waals surface area (Å²) >= 11 is 0. The lowest BCUT2D eigenvalue weighted by molar-refractivity contribution is 0.0152. The number of aliphatic hydroxyl groups excluding tert-OH is 1. The van der Waals surface area contributed by atoms with Crippen molar-refractivity contribution in [2.45, 2.75) is 13.2 Å². The van der Waals surface area contributed by atoms with Crippen LogP contribution in [0.3, 0.4) is 0 Å². The van der Waals surface area contributed by atoms with Crippen molar-refractivity contribution in [3.05, 3.63) is 40.9 Å². The minimum Gasteiger partial charge on any atom is -0.461 e. The van der Waals surface area contributed by atoms with Crippen LogP contribution < -0.4 is 10.5 Å². The van der Waals surface area contributed by atoms with Crippen LogP contribution in [0.15, 0.2) is 39.6 Å². The quantitative estimate of drug-likeness (QED) is 0.606. The van der Waals surface area contributed by atoms with Crippen molar-refractivity contribution in [3.8, 4) is 5.75 Å². The molecular weight excluding hydrogens is 210 g/mol. The SMILES string of the molecule is C=C(C)C(O)Oc1ccc2oc(=O)[nH]c2c1. The molecule has 2 N–H and O–H groups in total. The highest BCUT2D eigenvalue weighted by molar-refractivity contribution is 5.73. The number of hydrogen-bond acceptors (Lipinski definition) is 4. The molecule has 0 amide bonds. The van der Waals surface area contributed by atoms with Gasteiger partial charge in [0.15, 0.2) is 5.58 Å². The lowest BCUT2D eigenvalue weighted by Crippen LogP contribution is -2.15. The van der Waals surface area contributed by atoms with E-state index in [1.54, 1.807) is 25.1 Å². The van der Waals surface area contributed by atoms with Gasteiger partial charge in [0.1, 0.15) is 5.75 Å². The summed E-state index contributed by atoms with van der Waals surface area (Å²) in [6.45, 7) is 5.22. The standard InChI is InChI=1S/C11H11NO4/c1-6(2)10(13)15-7-3-4-9-8(5-7)12-11(14)16-9/h3-5,10,13H,1H2,2H3,(H,12,14). The van der Waals surface area contributed by atoms with E-state index in [1.165, 1.54) is 0 Å². The molecule has 16 heavy (non-hydrogen) atoms. The third-order valence-electron chi connectivity index (χ3n) is 2.06. The molecule has 0 aliphatic carbocycles. The number of H-pyrrole nitrogens is 1. The average Bonchev–Trinajstić information content (AvgIpc) is 2.57. The highest BCUT2D eigenvalue weighted by Gasteiger charge is 2.08. The van der Waals surface area contributed by atoms with Gasteiger partial charge in [0.05, 0.1) is 5.52 Å². The van der Waals surface area contributed by atoms with Crippen LogP contribution in [0.4, 0.5) is 0 Å². The third-order valence-corrected chi connectivity index (χ3v) is 2.06. The molecule has 1 unspecified atom stereocenters. The summed E-state index contributed by atoms with van der Waals surface area (Å²) in [5, 5.41) is 9.44. The van der Waals surface area contributed by atoms with E-state index in [4.69, 9.17) is 9.15 Å². The van der Waals surface area contributed by atoms with Crippen LogP contribution >= 0.6 is 0 Å². The summed E-state index contributed by atoms with van der Waals surface area (Å²) < 4.78 is 10.0. The van der Waals surface area contributed by atoms with Crippen LogP contribution in [0.1, 0.15) is 6.92 Å². The highest BCUT2D eigenvalue weighted by atomic mass is 16.6. The van der Waals surface area contributed by atoms with Gasteiger partial charge in [-0.15, -0.1) is 0 Å². The number of aromatic nitrogens is 1. The Hall–Kier alpha value is -2.01. The molecule has 5 nitrogen and oxygen atoms in total. The van der Waals surface area contributed by atoms with Crippen molar-refractivity contribution < 1.29 is 14.3 Å². The van der Waals surface area contributed by atoms with Gasteiger partial charge in [-0.25, -0.2) is 4.79 Å². The van der Waals surface area contributed by atoms with Gasteiger partial charge in [0, 0.05) is 6.07 Å².